The van der Waals surface area contributed by atoms with Crippen molar-refractivity contribution in [2.24, 2.45) is 0 Å². The van der Waals surface area contributed by atoms with E-state index >= 15 is 0 Å². The molecule has 3 atom stereocenters. The number of thioether (sulfide) groups is 1. The van der Waals surface area contributed by atoms with Crippen molar-refractivity contribution in [3.05, 3.63) is 70.4 Å². The number of aromatic hydroxyl groups is 1. The highest BCUT2D eigenvalue weighted by molar-refractivity contribution is 8.76. The number of rotatable bonds is 15. The zero-order valence-electron chi connectivity index (χ0n) is 27.4. The van der Waals surface area contributed by atoms with Crippen molar-refractivity contribution in [1.82, 2.24) is 21.3 Å². The van der Waals surface area contributed by atoms with Gasteiger partial charge in [-0.1, -0.05) is 34.1 Å². The number of carboxylic acid groups (broad SMARTS) is 1. The van der Waals surface area contributed by atoms with Gasteiger partial charge in [0, 0.05) is 76.4 Å². The molecule has 3 unspecified atom stereocenters. The van der Waals surface area contributed by atoms with Crippen molar-refractivity contribution in [2.75, 3.05) is 35.7 Å². The van der Waals surface area contributed by atoms with Gasteiger partial charge in [0.05, 0.1) is 17.6 Å². The van der Waals surface area contributed by atoms with Gasteiger partial charge in [-0.15, -0.1) is 0 Å². The third-order valence-corrected chi connectivity index (χ3v) is 12.8. The summed E-state index contributed by atoms with van der Waals surface area (Å²) in [6, 6.07) is 14.2. The topological polar surface area (TPSA) is 182 Å². The van der Waals surface area contributed by atoms with Gasteiger partial charge in [-0.05, 0) is 67.0 Å². The number of thiocarbonyl (C=S) groups is 1. The predicted octanol–water partition coefficient (Wildman–Crippen LogP) is 5.48. The molecule has 0 aromatic heterocycles. The molecule has 0 spiro atoms. The van der Waals surface area contributed by atoms with E-state index in [1.165, 1.54) is 30.3 Å². The van der Waals surface area contributed by atoms with E-state index in [-0.39, 0.29) is 46.5 Å². The van der Waals surface area contributed by atoms with Gasteiger partial charge >= 0.3 is 12.0 Å². The van der Waals surface area contributed by atoms with Crippen molar-refractivity contribution in [3.63, 3.8) is 0 Å². The Morgan fingerprint density at radius 1 is 0.961 bits per heavy atom. The summed E-state index contributed by atoms with van der Waals surface area (Å²) in [4.78, 5) is 48.3. The van der Waals surface area contributed by atoms with Gasteiger partial charge < -0.3 is 41.2 Å². The summed E-state index contributed by atoms with van der Waals surface area (Å²) in [5, 5.41) is 36.7. The molecule has 2 aromatic rings. The molecule has 2 fully saturated rings. The maximum Gasteiger partial charge on any atom is 0.336 e. The lowest BCUT2D eigenvalue weighted by molar-refractivity contribution is -0.121. The molecule has 12 nitrogen and oxygen atoms in total. The second kappa shape index (κ2) is 16.9. The highest BCUT2D eigenvalue weighted by Crippen LogP contribution is 2.42. The van der Waals surface area contributed by atoms with E-state index in [1.54, 1.807) is 45.9 Å². The summed E-state index contributed by atoms with van der Waals surface area (Å²) in [6.07, 6.45) is 3.29. The second-order valence-electron chi connectivity index (χ2n) is 12.1. The highest BCUT2D eigenvalue weighted by atomic mass is 33.1. The number of amides is 3. The first-order valence-electron chi connectivity index (χ1n) is 16.5. The number of hydrogen-bond acceptors (Lipinski definition) is 10. The Kier molecular flexibility index (Phi) is 12.2. The summed E-state index contributed by atoms with van der Waals surface area (Å²) in [5.41, 5.74) is 2.12. The number of benzene rings is 3. The number of anilines is 1. The number of unbranched alkanes of at least 4 members (excludes halogenated alkanes) is 1. The van der Waals surface area contributed by atoms with Crippen LogP contribution in [0.2, 0.25) is 0 Å². The van der Waals surface area contributed by atoms with E-state index in [2.05, 4.69) is 26.6 Å². The largest absolute Gasteiger partial charge is 0.508 e. The molecule has 7 N–H and O–H groups in total. The van der Waals surface area contributed by atoms with Gasteiger partial charge in [-0.25, -0.2) is 9.59 Å². The SMILES string of the molecule is O=C(CCCCC1SCC2NC(=O)NC21)NCCSSCCNC(=S)Nc1ccc(-c2c3ccc(=O)cc-3oc3cc(O)ccc23)c(C(=O)O)c1. The third kappa shape index (κ3) is 9.22. The van der Waals surface area contributed by atoms with Gasteiger partial charge in [0.2, 0.25) is 5.91 Å². The minimum absolute atomic E-state index is 0.0224. The first kappa shape index (κ1) is 36.7. The van der Waals surface area contributed by atoms with Crippen LogP contribution in [0, 0.1) is 0 Å². The molecule has 0 saturated carbocycles. The van der Waals surface area contributed by atoms with Crippen LogP contribution in [-0.4, -0.2) is 80.9 Å². The molecule has 2 saturated heterocycles. The maximum atomic E-state index is 12.5. The van der Waals surface area contributed by atoms with Crippen LogP contribution in [0.4, 0.5) is 10.5 Å². The molecule has 1 aliphatic carbocycles. The van der Waals surface area contributed by atoms with Gasteiger partial charge in [0.1, 0.15) is 17.1 Å². The first-order valence-corrected chi connectivity index (χ1v) is 20.4. The minimum Gasteiger partial charge on any atom is -0.508 e. The maximum absolute atomic E-state index is 12.5. The molecule has 2 aromatic carbocycles. The summed E-state index contributed by atoms with van der Waals surface area (Å²) in [6.45, 7) is 1.18. The molecule has 3 amide bonds. The number of fused-ring (bicyclic) bond motifs is 3. The quantitative estimate of drug-likeness (QED) is 0.0266. The number of nitrogens with one attached hydrogen (secondary N) is 5. The number of carboxylic acids is 1. The van der Waals surface area contributed by atoms with Crippen molar-refractivity contribution in [2.45, 2.75) is 43.0 Å². The number of phenolic OH excluding ortho intramolecular Hbond substituents is 1. The highest BCUT2D eigenvalue weighted by Gasteiger charge is 2.42. The average molecular weight is 768 g/mol. The second-order valence-corrected chi connectivity index (χ2v) is 16.5. The molecule has 0 radical (unpaired) electrons. The summed E-state index contributed by atoms with van der Waals surface area (Å²) >= 11 is 7.34. The molecular formula is C35H37N5O7S4. The Labute approximate surface area is 311 Å². The minimum atomic E-state index is -1.14. The van der Waals surface area contributed by atoms with Gasteiger partial charge in [-0.3, -0.25) is 9.59 Å². The van der Waals surface area contributed by atoms with Crippen molar-refractivity contribution in [1.29, 1.82) is 0 Å². The summed E-state index contributed by atoms with van der Waals surface area (Å²) in [5.74, 6) is 1.65. The van der Waals surface area contributed by atoms with E-state index in [4.69, 9.17) is 16.6 Å². The molecule has 3 aliphatic heterocycles. The Balaban J connectivity index is 0.915. The summed E-state index contributed by atoms with van der Waals surface area (Å²) in [7, 11) is 3.33. The van der Waals surface area contributed by atoms with Crippen molar-refractivity contribution < 1.29 is 29.0 Å². The van der Waals surface area contributed by atoms with Crippen LogP contribution in [0.15, 0.2) is 63.8 Å². The third-order valence-electron chi connectivity index (χ3n) is 8.60. The Hall–Kier alpha value is -4.12. The molecule has 51 heavy (non-hydrogen) atoms. The lowest BCUT2D eigenvalue weighted by Gasteiger charge is -2.18. The Bertz CT molecular complexity index is 1970. The number of urea groups is 1. The van der Waals surface area contributed by atoms with Crippen LogP contribution in [0.5, 0.6) is 5.75 Å². The summed E-state index contributed by atoms with van der Waals surface area (Å²) < 4.78 is 5.90. The van der Waals surface area contributed by atoms with Crippen LogP contribution >= 0.6 is 45.6 Å². The van der Waals surface area contributed by atoms with E-state index in [1.807, 2.05) is 11.8 Å². The lowest BCUT2D eigenvalue weighted by atomic mass is 9.90. The van der Waals surface area contributed by atoms with Gasteiger partial charge in [0.25, 0.3) is 0 Å². The number of aromatic carboxylic acids is 1. The average Bonchev–Trinajstić information content (AvgIpc) is 3.65. The number of carbonyl (C=O) groups excluding carboxylic acids is 2. The fourth-order valence-electron chi connectivity index (χ4n) is 6.26. The first-order chi connectivity index (χ1) is 24.7. The smallest absolute Gasteiger partial charge is 0.336 e. The number of phenols is 1. The standard InChI is InChI=1S/C35H37N5O7S4/c41-20-6-9-23-27(16-20)47-28-17-21(42)7-10-24(28)31(23)22-8-5-19(15-25(22)33(44)45)38-35(48)37-12-14-51-50-13-11-36-30(43)4-2-1-3-29-32-26(18-49-29)39-34(46)40-32/h5-10,15-17,26,29,32,41H,1-4,11-14,18H2,(H,36,43)(H,44,45)(H2,37,38,48)(H2,39,40,46). The number of hydrogen-bond donors (Lipinski definition) is 7. The molecule has 4 aliphatic rings. The van der Waals surface area contributed by atoms with Crippen LogP contribution in [-0.2, 0) is 4.79 Å². The van der Waals surface area contributed by atoms with E-state index in [0.29, 0.717) is 63.2 Å². The Morgan fingerprint density at radius 3 is 2.55 bits per heavy atom. The predicted molar refractivity (Wildman–Crippen MR) is 209 cm³/mol. The van der Waals surface area contributed by atoms with Crippen molar-refractivity contribution in [3.8, 4) is 28.2 Å². The number of carbonyl (C=O) groups is 3. The van der Waals surface area contributed by atoms with E-state index in [0.717, 1.165) is 36.5 Å². The van der Waals surface area contributed by atoms with Crippen molar-refractivity contribution >= 4 is 85.2 Å². The molecule has 0 bridgehead atoms. The van der Waals surface area contributed by atoms with E-state index < -0.39 is 5.97 Å². The Morgan fingerprint density at radius 2 is 1.75 bits per heavy atom. The van der Waals surface area contributed by atoms with Crippen LogP contribution < -0.4 is 32.0 Å². The zero-order chi connectivity index (χ0) is 35.9. The van der Waals surface area contributed by atoms with Gasteiger partial charge in [-0.2, -0.15) is 11.8 Å². The molecule has 6 rings (SSSR count). The normalized spacial score (nSPS) is 17.9. The molecule has 3 heterocycles. The van der Waals surface area contributed by atoms with Crippen LogP contribution in [0.1, 0.15) is 36.0 Å². The zero-order valence-corrected chi connectivity index (χ0v) is 30.6. The lowest BCUT2D eigenvalue weighted by Crippen LogP contribution is -2.36. The fourth-order valence-corrected chi connectivity index (χ4v) is 9.84. The fraction of sp³-hybridized carbons (Fsp3) is 0.343. The van der Waals surface area contributed by atoms with Crippen LogP contribution in [0.25, 0.3) is 33.4 Å². The van der Waals surface area contributed by atoms with Crippen LogP contribution in [0.3, 0.4) is 0 Å². The van der Waals surface area contributed by atoms with Gasteiger partial charge in [0.15, 0.2) is 10.5 Å². The monoisotopic (exact) mass is 767 g/mol. The molecule has 268 valence electrons. The molecular weight excluding hydrogens is 731 g/mol. The van der Waals surface area contributed by atoms with E-state index in [9.17, 15) is 29.4 Å². The molecule has 16 heteroatoms.